The van der Waals surface area contributed by atoms with E-state index < -0.39 is 22.1 Å². The minimum absolute atomic E-state index is 0.0159. The van der Waals surface area contributed by atoms with E-state index in [9.17, 15) is 18.0 Å². The number of carbonyl (C=O) groups is 1. The van der Waals surface area contributed by atoms with E-state index in [1.165, 1.54) is 14.9 Å². The summed E-state index contributed by atoms with van der Waals surface area (Å²) in [7, 11) is -2.03. The lowest BCUT2D eigenvalue weighted by Gasteiger charge is -2.29. The largest absolute Gasteiger partial charge is 0.350 e. The van der Waals surface area contributed by atoms with Crippen LogP contribution in [0.5, 0.6) is 0 Å². The number of anilines is 1. The van der Waals surface area contributed by atoms with Crippen molar-refractivity contribution in [2.45, 2.75) is 24.9 Å². The highest BCUT2D eigenvalue weighted by molar-refractivity contribution is 7.93. The van der Waals surface area contributed by atoms with E-state index in [4.69, 9.17) is 0 Å². The van der Waals surface area contributed by atoms with Gasteiger partial charge in [0.2, 0.25) is 21.5 Å². The van der Waals surface area contributed by atoms with Gasteiger partial charge in [-0.3, -0.25) is 13.9 Å². The van der Waals surface area contributed by atoms with Gasteiger partial charge in [0.1, 0.15) is 0 Å². The van der Waals surface area contributed by atoms with Crippen molar-refractivity contribution in [3.05, 3.63) is 89.0 Å². The first kappa shape index (κ1) is 22.5. The van der Waals surface area contributed by atoms with Crippen LogP contribution in [0.4, 0.5) is 5.69 Å². The maximum atomic E-state index is 13.5. The van der Waals surface area contributed by atoms with Gasteiger partial charge in [-0.1, -0.05) is 30.3 Å². The molecule has 0 bridgehead atoms. The van der Waals surface area contributed by atoms with Gasteiger partial charge in [0.15, 0.2) is 0 Å². The molecule has 4 aromatic rings. The van der Waals surface area contributed by atoms with Crippen molar-refractivity contribution in [2.75, 3.05) is 10.1 Å². The first-order chi connectivity index (χ1) is 17.3. The first-order valence-corrected chi connectivity index (χ1v) is 13.4. The fourth-order valence-electron chi connectivity index (χ4n) is 4.91. The van der Waals surface area contributed by atoms with Crippen molar-refractivity contribution in [3.8, 4) is 5.69 Å². The molecular weight excluding hydrogens is 478 g/mol. The Morgan fingerprint density at radius 2 is 1.78 bits per heavy atom. The number of aryl methyl sites for hydroxylation is 1. The number of aromatic nitrogens is 3. The summed E-state index contributed by atoms with van der Waals surface area (Å²) in [4.78, 5) is 24.4. The summed E-state index contributed by atoms with van der Waals surface area (Å²) in [5.74, 6) is -0.259. The van der Waals surface area contributed by atoms with Crippen molar-refractivity contribution in [1.29, 1.82) is 0 Å². The molecule has 0 spiro atoms. The monoisotopic (exact) mass is 503 g/mol. The standard InChI is InChI=1S/C26H25N5O4S/c1-29-15-21(10-12-24(29)32)30-23-11-9-20(13-19(23)14-27-30)31-25(17-5-3-2-4-6-17)22(16-36(31,34)35)28-26(33)18-7-8-18/h2-6,9-15,18,22,25H,7-8,16H2,1H3,(H,28,33)/t22?,25-/m1/s1. The molecule has 2 aromatic heterocycles. The third kappa shape index (κ3) is 3.87. The smallest absolute Gasteiger partial charge is 0.250 e. The van der Waals surface area contributed by atoms with Crippen LogP contribution < -0.4 is 15.2 Å². The molecular formula is C26H25N5O4S. The second kappa shape index (κ2) is 8.34. The van der Waals surface area contributed by atoms with Crippen molar-refractivity contribution < 1.29 is 13.2 Å². The Bertz CT molecular complexity index is 1640. The van der Waals surface area contributed by atoms with Gasteiger partial charge in [0, 0.05) is 30.6 Å². The van der Waals surface area contributed by atoms with E-state index >= 15 is 0 Å². The molecule has 1 unspecified atom stereocenters. The van der Waals surface area contributed by atoms with Gasteiger partial charge < -0.3 is 9.88 Å². The first-order valence-electron chi connectivity index (χ1n) is 11.8. The number of hydrogen-bond donors (Lipinski definition) is 1. The Hall–Kier alpha value is -3.92. The molecule has 6 rings (SSSR count). The van der Waals surface area contributed by atoms with Crippen LogP contribution in [0.2, 0.25) is 0 Å². The molecule has 2 atom stereocenters. The molecule has 1 amide bonds. The molecule has 1 N–H and O–H groups in total. The van der Waals surface area contributed by atoms with Gasteiger partial charge in [0.25, 0.3) is 0 Å². The maximum Gasteiger partial charge on any atom is 0.250 e. The summed E-state index contributed by atoms with van der Waals surface area (Å²) in [5.41, 5.74) is 2.72. The summed E-state index contributed by atoms with van der Waals surface area (Å²) in [6.07, 6.45) is 5.07. The van der Waals surface area contributed by atoms with Crippen molar-refractivity contribution in [1.82, 2.24) is 19.7 Å². The number of nitrogens with one attached hydrogen (secondary N) is 1. The normalized spacial score (nSPS) is 21.1. The number of pyridine rings is 1. The number of sulfonamides is 1. The lowest BCUT2D eigenvalue weighted by Crippen LogP contribution is -2.41. The Labute approximate surface area is 208 Å². The summed E-state index contributed by atoms with van der Waals surface area (Å²) in [6.45, 7) is 0. The minimum atomic E-state index is -3.71. The Morgan fingerprint density at radius 3 is 2.50 bits per heavy atom. The van der Waals surface area contributed by atoms with Crippen molar-refractivity contribution >= 4 is 32.5 Å². The number of fused-ring (bicyclic) bond motifs is 1. The van der Waals surface area contributed by atoms with Crippen LogP contribution in [0.25, 0.3) is 16.6 Å². The molecule has 184 valence electrons. The SMILES string of the molecule is Cn1cc(-n2ncc3cc(N4[C@H](c5ccccc5)C(NC(=O)C5CC5)CS4(=O)=O)ccc32)ccc1=O. The number of carbonyl (C=O) groups excluding carboxylic acids is 1. The zero-order chi connectivity index (χ0) is 25.0. The van der Waals surface area contributed by atoms with Gasteiger partial charge in [-0.15, -0.1) is 0 Å². The van der Waals surface area contributed by atoms with Crippen LogP contribution in [0.1, 0.15) is 24.4 Å². The minimum Gasteiger partial charge on any atom is -0.350 e. The van der Waals surface area contributed by atoms with Gasteiger partial charge >= 0.3 is 0 Å². The lowest BCUT2D eigenvalue weighted by atomic mass is 9.99. The summed E-state index contributed by atoms with van der Waals surface area (Å²) < 4.78 is 31.6. The third-order valence-corrected chi connectivity index (χ3v) is 8.68. The predicted molar refractivity (Wildman–Crippen MR) is 136 cm³/mol. The fraction of sp³-hybridized carbons (Fsp3) is 0.269. The molecule has 36 heavy (non-hydrogen) atoms. The second-order valence-corrected chi connectivity index (χ2v) is 11.3. The molecule has 3 heterocycles. The van der Waals surface area contributed by atoms with Crippen LogP contribution >= 0.6 is 0 Å². The summed E-state index contributed by atoms with van der Waals surface area (Å²) >= 11 is 0. The van der Waals surface area contributed by atoms with E-state index in [2.05, 4.69) is 10.4 Å². The van der Waals surface area contributed by atoms with Crippen LogP contribution in [-0.2, 0) is 21.9 Å². The number of rotatable bonds is 5. The number of hydrogen-bond acceptors (Lipinski definition) is 5. The highest BCUT2D eigenvalue weighted by atomic mass is 32.2. The molecule has 9 nitrogen and oxygen atoms in total. The average molecular weight is 504 g/mol. The number of nitrogens with zero attached hydrogens (tertiary/aromatic N) is 4. The Morgan fingerprint density at radius 1 is 1.03 bits per heavy atom. The molecule has 2 aliphatic rings. The zero-order valence-corrected chi connectivity index (χ0v) is 20.4. The summed E-state index contributed by atoms with van der Waals surface area (Å²) in [5, 5.41) is 8.25. The second-order valence-electron chi connectivity index (χ2n) is 9.46. The number of amides is 1. The van der Waals surface area contributed by atoms with E-state index in [0.29, 0.717) is 5.69 Å². The van der Waals surface area contributed by atoms with Crippen LogP contribution in [0.3, 0.4) is 0 Å². The molecule has 0 radical (unpaired) electrons. The van der Waals surface area contributed by atoms with Crippen molar-refractivity contribution in [2.24, 2.45) is 13.0 Å². The lowest BCUT2D eigenvalue weighted by molar-refractivity contribution is -0.122. The zero-order valence-electron chi connectivity index (χ0n) is 19.6. The fourth-order valence-corrected chi connectivity index (χ4v) is 6.84. The van der Waals surface area contributed by atoms with Gasteiger partial charge in [-0.2, -0.15) is 5.10 Å². The van der Waals surface area contributed by atoms with E-state index in [-0.39, 0.29) is 23.1 Å². The van der Waals surface area contributed by atoms with E-state index in [1.807, 2.05) is 36.4 Å². The van der Waals surface area contributed by atoms with Gasteiger partial charge in [0.05, 0.1) is 40.9 Å². The van der Waals surface area contributed by atoms with Gasteiger partial charge in [-0.05, 0) is 42.7 Å². The van der Waals surface area contributed by atoms with Crippen LogP contribution in [-0.4, -0.2) is 40.5 Å². The van der Waals surface area contributed by atoms with E-state index in [0.717, 1.165) is 35.0 Å². The van der Waals surface area contributed by atoms with Crippen LogP contribution in [0.15, 0.2) is 77.9 Å². The molecule has 1 aliphatic heterocycles. The average Bonchev–Trinajstić information content (AvgIpc) is 3.57. The Balaban J connectivity index is 1.42. The summed E-state index contributed by atoms with van der Waals surface area (Å²) in [6, 6.07) is 16.9. The highest BCUT2D eigenvalue weighted by Gasteiger charge is 2.47. The quantitative estimate of drug-likeness (QED) is 0.451. The molecule has 1 aliphatic carbocycles. The molecule has 2 aromatic carbocycles. The third-order valence-electron chi connectivity index (χ3n) is 6.86. The molecule has 1 saturated carbocycles. The predicted octanol–water partition coefficient (Wildman–Crippen LogP) is 2.51. The number of benzene rings is 2. The van der Waals surface area contributed by atoms with Crippen LogP contribution in [0, 0.1) is 5.92 Å². The maximum absolute atomic E-state index is 13.5. The Kier molecular flexibility index (Phi) is 5.22. The molecule has 1 saturated heterocycles. The van der Waals surface area contributed by atoms with E-state index in [1.54, 1.807) is 42.3 Å². The topological polar surface area (TPSA) is 106 Å². The van der Waals surface area contributed by atoms with Crippen molar-refractivity contribution in [3.63, 3.8) is 0 Å². The highest BCUT2D eigenvalue weighted by Crippen LogP contribution is 2.40. The van der Waals surface area contributed by atoms with Gasteiger partial charge in [-0.25, -0.2) is 13.1 Å². The molecule has 10 heteroatoms. The molecule has 2 fully saturated rings.